The van der Waals surface area contributed by atoms with Crippen LogP contribution in [0.3, 0.4) is 0 Å². The average molecular weight is 320 g/mol. The fourth-order valence-electron chi connectivity index (χ4n) is 2.81. The van der Waals surface area contributed by atoms with E-state index in [0.29, 0.717) is 12.3 Å². The van der Waals surface area contributed by atoms with E-state index in [9.17, 15) is 10.1 Å². The zero-order valence-electron chi connectivity index (χ0n) is 10.9. The Hall–Kier alpha value is -1.14. The predicted molar refractivity (Wildman–Crippen MR) is 78.7 cm³/mol. The number of benzene rings is 1. The third kappa shape index (κ3) is 3.67. The molecule has 0 amide bonds. The van der Waals surface area contributed by atoms with E-state index in [1.54, 1.807) is 0 Å². The molecule has 19 heavy (non-hydrogen) atoms. The highest BCUT2D eigenvalue weighted by Crippen LogP contribution is 2.31. The highest BCUT2D eigenvalue weighted by molar-refractivity contribution is 9.10. The molecule has 2 rings (SSSR count). The van der Waals surface area contributed by atoms with Gasteiger partial charge in [0, 0.05) is 10.9 Å². The summed E-state index contributed by atoms with van der Waals surface area (Å²) in [5.41, 5.74) is 0.793. The van der Waals surface area contributed by atoms with Crippen molar-refractivity contribution in [2.24, 2.45) is 5.92 Å². The van der Waals surface area contributed by atoms with Crippen LogP contribution in [0.15, 0.2) is 28.7 Å². The van der Waals surface area contributed by atoms with Crippen LogP contribution in [-0.2, 0) is 4.79 Å². The van der Waals surface area contributed by atoms with Crippen LogP contribution in [0.4, 0.5) is 0 Å². The minimum absolute atomic E-state index is 0.0568. The fourth-order valence-corrected chi connectivity index (χ4v) is 3.33. The molecule has 1 unspecified atom stereocenters. The van der Waals surface area contributed by atoms with Crippen molar-refractivity contribution in [1.29, 1.82) is 5.26 Å². The Bertz CT molecular complexity index is 486. The van der Waals surface area contributed by atoms with Crippen LogP contribution < -0.4 is 0 Å². The van der Waals surface area contributed by atoms with Crippen LogP contribution in [0, 0.1) is 17.2 Å². The van der Waals surface area contributed by atoms with E-state index in [1.165, 1.54) is 25.7 Å². The summed E-state index contributed by atoms with van der Waals surface area (Å²) < 4.78 is 0.843. The quantitative estimate of drug-likeness (QED) is 0.796. The van der Waals surface area contributed by atoms with E-state index < -0.39 is 5.92 Å². The molecule has 0 aromatic heterocycles. The number of ketones is 1. The molecule has 0 radical (unpaired) electrons. The number of hydrogen-bond acceptors (Lipinski definition) is 2. The SMILES string of the molecule is N#CC(C(=O)CCC1CCCC1)c1ccccc1Br. The number of Topliss-reactive ketones (excluding diaryl/α,β-unsaturated/α-hetero) is 1. The van der Waals surface area contributed by atoms with Crippen molar-refractivity contribution in [3.63, 3.8) is 0 Å². The third-order valence-corrected chi connectivity index (χ3v) is 4.66. The maximum atomic E-state index is 12.2. The normalized spacial score (nSPS) is 17.1. The highest BCUT2D eigenvalue weighted by Gasteiger charge is 2.23. The van der Waals surface area contributed by atoms with Crippen molar-refractivity contribution in [3.05, 3.63) is 34.3 Å². The van der Waals surface area contributed by atoms with Crippen LogP contribution in [0.1, 0.15) is 50.0 Å². The number of carbonyl (C=O) groups is 1. The van der Waals surface area contributed by atoms with E-state index in [0.717, 1.165) is 16.5 Å². The summed E-state index contributed by atoms with van der Waals surface area (Å²) in [4.78, 5) is 12.2. The Morgan fingerprint density at radius 1 is 1.37 bits per heavy atom. The topological polar surface area (TPSA) is 40.9 Å². The van der Waals surface area contributed by atoms with Gasteiger partial charge >= 0.3 is 0 Å². The monoisotopic (exact) mass is 319 g/mol. The lowest BCUT2D eigenvalue weighted by molar-refractivity contribution is -0.119. The number of rotatable bonds is 5. The number of halogens is 1. The molecular weight excluding hydrogens is 302 g/mol. The molecule has 0 spiro atoms. The van der Waals surface area contributed by atoms with Gasteiger partial charge < -0.3 is 0 Å². The first-order valence-electron chi connectivity index (χ1n) is 6.89. The Balaban J connectivity index is 1.99. The number of nitriles is 1. The molecule has 3 heteroatoms. The number of nitrogens with zero attached hydrogens (tertiary/aromatic N) is 1. The summed E-state index contributed by atoms with van der Waals surface area (Å²) in [7, 11) is 0. The van der Waals surface area contributed by atoms with Gasteiger partial charge in [-0.25, -0.2) is 0 Å². The van der Waals surface area contributed by atoms with Crippen molar-refractivity contribution in [2.75, 3.05) is 0 Å². The van der Waals surface area contributed by atoms with Gasteiger partial charge in [-0.1, -0.05) is 59.8 Å². The van der Waals surface area contributed by atoms with Gasteiger partial charge in [0.1, 0.15) is 5.92 Å². The fraction of sp³-hybridized carbons (Fsp3) is 0.500. The zero-order chi connectivity index (χ0) is 13.7. The van der Waals surface area contributed by atoms with Crippen molar-refractivity contribution in [3.8, 4) is 6.07 Å². The molecule has 0 saturated heterocycles. The van der Waals surface area contributed by atoms with Gasteiger partial charge in [-0.05, 0) is 24.0 Å². The molecule has 1 fully saturated rings. The second-order valence-electron chi connectivity index (χ2n) is 5.24. The van der Waals surface area contributed by atoms with Crippen molar-refractivity contribution in [2.45, 2.75) is 44.4 Å². The molecule has 1 aromatic carbocycles. The molecule has 1 aliphatic rings. The Labute approximate surface area is 122 Å². The summed E-state index contributed by atoms with van der Waals surface area (Å²) in [6.45, 7) is 0. The maximum absolute atomic E-state index is 12.2. The predicted octanol–water partition coefficient (Wildman–Crippen LogP) is 4.60. The van der Waals surface area contributed by atoms with Gasteiger partial charge in [-0.15, -0.1) is 0 Å². The van der Waals surface area contributed by atoms with Crippen molar-refractivity contribution < 1.29 is 4.79 Å². The first kappa shape index (κ1) is 14.3. The summed E-state index contributed by atoms with van der Waals surface area (Å²) >= 11 is 3.42. The van der Waals surface area contributed by atoms with Crippen LogP contribution in [0.5, 0.6) is 0 Å². The van der Waals surface area contributed by atoms with E-state index in [-0.39, 0.29) is 5.78 Å². The second-order valence-corrected chi connectivity index (χ2v) is 6.09. The third-order valence-electron chi connectivity index (χ3n) is 3.94. The van der Waals surface area contributed by atoms with Gasteiger partial charge in [0.05, 0.1) is 6.07 Å². The van der Waals surface area contributed by atoms with Gasteiger partial charge in [-0.2, -0.15) is 5.26 Å². The van der Waals surface area contributed by atoms with Gasteiger partial charge in [0.25, 0.3) is 0 Å². The number of hydrogen-bond donors (Lipinski definition) is 0. The lowest BCUT2D eigenvalue weighted by atomic mass is 9.91. The molecule has 0 N–H and O–H groups in total. The highest BCUT2D eigenvalue weighted by atomic mass is 79.9. The molecule has 0 bridgehead atoms. The van der Waals surface area contributed by atoms with Gasteiger partial charge in [-0.3, -0.25) is 4.79 Å². The standard InChI is InChI=1S/C16H18BrNO/c17-15-8-4-3-7-13(15)14(11-18)16(19)10-9-12-5-1-2-6-12/h3-4,7-8,12,14H,1-2,5-6,9-10H2. The minimum atomic E-state index is -0.628. The van der Waals surface area contributed by atoms with Crippen molar-refractivity contribution in [1.82, 2.24) is 0 Å². The maximum Gasteiger partial charge on any atom is 0.154 e. The first-order valence-corrected chi connectivity index (χ1v) is 7.68. The van der Waals surface area contributed by atoms with Gasteiger partial charge in [0.15, 0.2) is 5.78 Å². The largest absolute Gasteiger partial charge is 0.298 e. The lowest BCUT2D eigenvalue weighted by Gasteiger charge is -2.12. The summed E-state index contributed by atoms with van der Waals surface area (Å²) in [5.74, 6) is 0.126. The van der Waals surface area contributed by atoms with Crippen LogP contribution in [-0.4, -0.2) is 5.78 Å². The van der Waals surface area contributed by atoms with E-state index >= 15 is 0 Å². The molecule has 1 saturated carbocycles. The zero-order valence-corrected chi connectivity index (χ0v) is 12.5. The lowest BCUT2D eigenvalue weighted by Crippen LogP contribution is -2.12. The van der Waals surface area contributed by atoms with Crippen LogP contribution in [0.2, 0.25) is 0 Å². The van der Waals surface area contributed by atoms with Crippen LogP contribution in [0.25, 0.3) is 0 Å². The molecule has 1 atom stereocenters. The smallest absolute Gasteiger partial charge is 0.154 e. The molecular formula is C16H18BrNO. The van der Waals surface area contributed by atoms with E-state index in [2.05, 4.69) is 22.0 Å². The van der Waals surface area contributed by atoms with E-state index in [1.807, 2.05) is 24.3 Å². The van der Waals surface area contributed by atoms with Crippen LogP contribution >= 0.6 is 15.9 Å². The number of carbonyl (C=O) groups excluding carboxylic acids is 1. The molecule has 1 aliphatic carbocycles. The minimum Gasteiger partial charge on any atom is -0.298 e. The van der Waals surface area contributed by atoms with Gasteiger partial charge in [0.2, 0.25) is 0 Å². The van der Waals surface area contributed by atoms with E-state index in [4.69, 9.17) is 0 Å². The van der Waals surface area contributed by atoms with Crippen molar-refractivity contribution >= 4 is 21.7 Å². The Morgan fingerprint density at radius 2 is 2.05 bits per heavy atom. The molecule has 2 nitrogen and oxygen atoms in total. The Morgan fingerprint density at radius 3 is 2.68 bits per heavy atom. The molecule has 0 heterocycles. The average Bonchev–Trinajstić information content (AvgIpc) is 2.92. The summed E-state index contributed by atoms with van der Waals surface area (Å²) in [6.07, 6.45) is 6.57. The Kier molecular flexibility index (Phi) is 5.15. The molecule has 1 aromatic rings. The summed E-state index contributed by atoms with van der Waals surface area (Å²) in [5, 5.41) is 9.27. The molecule has 100 valence electrons. The second kappa shape index (κ2) is 6.86. The molecule has 0 aliphatic heterocycles. The summed E-state index contributed by atoms with van der Waals surface area (Å²) in [6, 6.07) is 9.65. The first-order chi connectivity index (χ1) is 9.22.